The average molecular weight is 464 g/mol. The van der Waals surface area contributed by atoms with Gasteiger partial charge in [0.2, 0.25) is 5.91 Å². The molecule has 1 aliphatic heterocycles. The van der Waals surface area contributed by atoms with Crippen LogP contribution in [-0.2, 0) is 30.5 Å². The molecule has 0 radical (unpaired) electrons. The summed E-state index contributed by atoms with van der Waals surface area (Å²) in [4.78, 5) is 22.7. The summed E-state index contributed by atoms with van der Waals surface area (Å²) in [6.07, 6.45) is 6.42. The van der Waals surface area contributed by atoms with E-state index in [1.54, 1.807) is 0 Å². The van der Waals surface area contributed by atoms with E-state index in [0.717, 1.165) is 52.8 Å². The minimum Gasteiger partial charge on any atom is -0.308 e. The van der Waals surface area contributed by atoms with Gasteiger partial charge in [-0.05, 0) is 56.2 Å². The van der Waals surface area contributed by atoms with Gasteiger partial charge in [0, 0.05) is 23.0 Å². The quantitative estimate of drug-likeness (QED) is 0.405. The molecule has 8 heteroatoms. The standard InChI is InChI=1S/C24H25N5OS2/c1-3-19-25-23-21(16-9-5-7-11-18(16)32-23)22-26-27-24(29(19)22)31-13-20(30)28-14(2)12-15-8-4-6-10-17(15)28/h4,6,8,10,14H,3,5,7,9,11-13H2,1-2H3/t14-/m1/s1. The Morgan fingerprint density at radius 2 is 2.06 bits per heavy atom. The highest BCUT2D eigenvalue weighted by molar-refractivity contribution is 7.99. The molecule has 0 saturated carbocycles. The summed E-state index contributed by atoms with van der Waals surface area (Å²) in [5.74, 6) is 1.41. The first-order chi connectivity index (χ1) is 15.7. The molecule has 6 rings (SSSR count). The lowest BCUT2D eigenvalue weighted by atomic mass is 9.97. The van der Waals surface area contributed by atoms with Gasteiger partial charge in [-0.15, -0.1) is 21.5 Å². The highest BCUT2D eigenvalue weighted by atomic mass is 32.2. The fourth-order valence-electron chi connectivity index (χ4n) is 5.16. The molecule has 1 aromatic carbocycles. The zero-order valence-electron chi connectivity index (χ0n) is 18.3. The summed E-state index contributed by atoms with van der Waals surface area (Å²) in [7, 11) is 0. The first kappa shape index (κ1) is 20.2. The number of aromatic nitrogens is 4. The van der Waals surface area contributed by atoms with Crippen LogP contribution in [0.2, 0.25) is 0 Å². The van der Waals surface area contributed by atoms with E-state index in [0.29, 0.717) is 5.75 Å². The number of amides is 1. The largest absolute Gasteiger partial charge is 0.308 e. The second-order valence-corrected chi connectivity index (χ2v) is 10.7. The van der Waals surface area contributed by atoms with Crippen LogP contribution in [0, 0.1) is 0 Å². The van der Waals surface area contributed by atoms with Gasteiger partial charge < -0.3 is 4.90 Å². The van der Waals surface area contributed by atoms with Crippen molar-refractivity contribution in [3.63, 3.8) is 0 Å². The van der Waals surface area contributed by atoms with Crippen LogP contribution in [-0.4, -0.2) is 37.3 Å². The topological polar surface area (TPSA) is 63.4 Å². The van der Waals surface area contributed by atoms with Gasteiger partial charge in [-0.2, -0.15) is 0 Å². The number of para-hydroxylation sites is 1. The number of hydrogen-bond donors (Lipinski definition) is 0. The summed E-state index contributed by atoms with van der Waals surface area (Å²) in [5, 5.41) is 11.0. The van der Waals surface area contributed by atoms with Crippen molar-refractivity contribution in [3.8, 4) is 0 Å². The van der Waals surface area contributed by atoms with Gasteiger partial charge in [-0.25, -0.2) is 4.98 Å². The van der Waals surface area contributed by atoms with Gasteiger partial charge in [-0.1, -0.05) is 36.9 Å². The van der Waals surface area contributed by atoms with Crippen molar-refractivity contribution < 1.29 is 4.79 Å². The Hall–Kier alpha value is -2.45. The average Bonchev–Trinajstić information content (AvgIpc) is 3.48. The number of rotatable bonds is 4. The third kappa shape index (κ3) is 3.07. The van der Waals surface area contributed by atoms with E-state index < -0.39 is 0 Å². The third-order valence-electron chi connectivity index (χ3n) is 6.62. The molecule has 1 atom stereocenters. The Labute approximate surface area is 195 Å². The van der Waals surface area contributed by atoms with Crippen LogP contribution in [0.25, 0.3) is 15.9 Å². The number of aryl methyl sites for hydroxylation is 3. The van der Waals surface area contributed by atoms with Crippen molar-refractivity contribution in [1.82, 2.24) is 19.6 Å². The normalized spacial score (nSPS) is 17.8. The molecule has 0 bridgehead atoms. The van der Waals surface area contributed by atoms with Crippen molar-refractivity contribution in [3.05, 3.63) is 46.1 Å². The summed E-state index contributed by atoms with van der Waals surface area (Å²) in [6.45, 7) is 4.23. The highest BCUT2D eigenvalue weighted by Crippen LogP contribution is 2.38. The number of thiophene rings is 1. The fourth-order valence-corrected chi connectivity index (χ4v) is 7.25. The Balaban J connectivity index is 1.34. The molecular weight excluding hydrogens is 438 g/mol. The SMILES string of the molecule is CCc1nc2sc3c(c2c2nnc(SCC(=O)N4c5ccccc5C[C@H]4C)n12)CCCC3. The van der Waals surface area contributed by atoms with Gasteiger partial charge >= 0.3 is 0 Å². The molecule has 2 aliphatic rings. The fraction of sp³-hybridized carbons (Fsp3) is 0.417. The van der Waals surface area contributed by atoms with E-state index in [-0.39, 0.29) is 11.9 Å². The lowest BCUT2D eigenvalue weighted by molar-refractivity contribution is -0.116. The molecule has 6 nitrogen and oxygen atoms in total. The Kier molecular flexibility index (Phi) is 4.95. The summed E-state index contributed by atoms with van der Waals surface area (Å²) >= 11 is 3.29. The smallest absolute Gasteiger partial charge is 0.237 e. The Bertz CT molecular complexity index is 1360. The molecule has 164 valence electrons. The van der Waals surface area contributed by atoms with E-state index in [4.69, 9.17) is 4.98 Å². The molecular formula is C24H25N5OS2. The van der Waals surface area contributed by atoms with Crippen LogP contribution in [0.5, 0.6) is 0 Å². The van der Waals surface area contributed by atoms with Crippen LogP contribution < -0.4 is 4.90 Å². The molecule has 1 aliphatic carbocycles. The van der Waals surface area contributed by atoms with Gasteiger partial charge in [0.15, 0.2) is 10.8 Å². The predicted molar refractivity (Wildman–Crippen MR) is 130 cm³/mol. The molecule has 0 unspecified atom stereocenters. The summed E-state index contributed by atoms with van der Waals surface area (Å²) < 4.78 is 2.09. The maximum atomic E-state index is 13.2. The zero-order valence-corrected chi connectivity index (χ0v) is 19.9. The third-order valence-corrected chi connectivity index (χ3v) is 8.71. The molecule has 0 N–H and O–H groups in total. The van der Waals surface area contributed by atoms with Crippen molar-refractivity contribution in [2.45, 2.75) is 63.6 Å². The van der Waals surface area contributed by atoms with Crippen LogP contribution in [0.3, 0.4) is 0 Å². The zero-order chi connectivity index (χ0) is 21.8. The van der Waals surface area contributed by atoms with Crippen LogP contribution in [0.15, 0.2) is 29.4 Å². The maximum absolute atomic E-state index is 13.2. The number of hydrogen-bond acceptors (Lipinski definition) is 6. The van der Waals surface area contributed by atoms with E-state index in [1.165, 1.54) is 46.0 Å². The van der Waals surface area contributed by atoms with Gasteiger partial charge in [0.05, 0.1) is 11.1 Å². The summed E-state index contributed by atoms with van der Waals surface area (Å²) in [5.41, 5.74) is 4.60. The van der Waals surface area contributed by atoms with E-state index in [2.05, 4.69) is 34.5 Å². The van der Waals surface area contributed by atoms with Gasteiger partial charge in [-0.3, -0.25) is 9.20 Å². The number of anilines is 1. The minimum atomic E-state index is 0.115. The minimum absolute atomic E-state index is 0.115. The van der Waals surface area contributed by atoms with Crippen molar-refractivity contribution in [1.29, 1.82) is 0 Å². The molecule has 3 aromatic heterocycles. The van der Waals surface area contributed by atoms with Crippen LogP contribution in [0.1, 0.15) is 48.5 Å². The monoisotopic (exact) mass is 463 g/mol. The number of benzene rings is 1. The molecule has 0 fully saturated rings. The van der Waals surface area contributed by atoms with E-state index in [9.17, 15) is 4.79 Å². The van der Waals surface area contributed by atoms with Crippen molar-refractivity contribution in [2.24, 2.45) is 0 Å². The van der Waals surface area contributed by atoms with Crippen molar-refractivity contribution in [2.75, 3.05) is 10.7 Å². The predicted octanol–water partition coefficient (Wildman–Crippen LogP) is 4.85. The summed E-state index contributed by atoms with van der Waals surface area (Å²) in [6, 6.07) is 8.39. The second kappa shape index (κ2) is 7.85. The van der Waals surface area contributed by atoms with Crippen LogP contribution >= 0.6 is 23.1 Å². The number of nitrogens with zero attached hydrogens (tertiary/aromatic N) is 5. The van der Waals surface area contributed by atoms with Crippen molar-refractivity contribution >= 4 is 50.6 Å². The highest BCUT2D eigenvalue weighted by Gasteiger charge is 2.31. The number of carbonyl (C=O) groups is 1. The van der Waals surface area contributed by atoms with Gasteiger partial charge in [0.1, 0.15) is 10.7 Å². The molecule has 0 saturated heterocycles. The molecule has 1 amide bonds. The second-order valence-electron chi connectivity index (χ2n) is 8.65. The lowest BCUT2D eigenvalue weighted by Crippen LogP contribution is -2.37. The van der Waals surface area contributed by atoms with E-state index in [1.807, 2.05) is 34.4 Å². The lowest BCUT2D eigenvalue weighted by Gasteiger charge is -2.22. The number of thioether (sulfide) groups is 1. The molecule has 4 heterocycles. The first-order valence-corrected chi connectivity index (χ1v) is 13.2. The van der Waals surface area contributed by atoms with E-state index >= 15 is 0 Å². The van der Waals surface area contributed by atoms with Gasteiger partial charge in [0.25, 0.3) is 0 Å². The maximum Gasteiger partial charge on any atom is 0.237 e. The Morgan fingerprint density at radius 1 is 1.22 bits per heavy atom. The number of fused-ring (bicyclic) bond motifs is 6. The molecule has 4 aromatic rings. The van der Waals surface area contributed by atoms with Crippen LogP contribution in [0.4, 0.5) is 5.69 Å². The molecule has 0 spiro atoms. The number of carbonyl (C=O) groups excluding carboxylic acids is 1. The first-order valence-electron chi connectivity index (χ1n) is 11.4. The Morgan fingerprint density at radius 3 is 2.94 bits per heavy atom. The molecule has 32 heavy (non-hydrogen) atoms.